The first kappa shape index (κ1) is 24.1. The number of aliphatic hydroxyl groups is 1. The van der Waals surface area contributed by atoms with Gasteiger partial charge in [0.2, 0.25) is 0 Å². The number of amides is 1. The van der Waals surface area contributed by atoms with Crippen LogP contribution in [0.1, 0.15) is 35.3 Å². The summed E-state index contributed by atoms with van der Waals surface area (Å²) in [6.45, 7) is 6.53. The van der Waals surface area contributed by atoms with Gasteiger partial charge in [-0.25, -0.2) is 4.98 Å². The van der Waals surface area contributed by atoms with Gasteiger partial charge in [-0.2, -0.15) is 0 Å². The molecule has 172 valence electrons. The molecule has 1 heterocycles. The van der Waals surface area contributed by atoms with Gasteiger partial charge in [0.1, 0.15) is 11.6 Å². The van der Waals surface area contributed by atoms with Crippen LogP contribution in [0.4, 0.5) is 5.82 Å². The van der Waals surface area contributed by atoms with E-state index in [4.69, 9.17) is 10.5 Å². The first-order valence-corrected chi connectivity index (χ1v) is 11.0. The molecule has 4 N–H and O–H groups in total. The molecule has 0 bridgehead atoms. The molecule has 1 amide bonds. The van der Waals surface area contributed by atoms with Crippen LogP contribution < -0.4 is 15.8 Å². The van der Waals surface area contributed by atoms with E-state index in [0.717, 1.165) is 29.4 Å². The summed E-state index contributed by atoms with van der Waals surface area (Å²) in [4.78, 5) is 18.8. The molecule has 3 rings (SSSR count). The van der Waals surface area contributed by atoms with E-state index in [1.54, 1.807) is 37.6 Å². The van der Waals surface area contributed by atoms with Crippen LogP contribution in [0.25, 0.3) is 10.8 Å². The van der Waals surface area contributed by atoms with E-state index >= 15 is 0 Å². The van der Waals surface area contributed by atoms with Crippen molar-refractivity contribution in [1.29, 1.82) is 0 Å². The Balaban J connectivity index is 1.70. The summed E-state index contributed by atoms with van der Waals surface area (Å²) in [6, 6.07) is 12.7. The summed E-state index contributed by atoms with van der Waals surface area (Å²) in [5.74, 6) is 7.04. The Bertz CT molecular complexity index is 1160. The van der Waals surface area contributed by atoms with Crippen molar-refractivity contribution in [1.82, 2.24) is 15.2 Å². The van der Waals surface area contributed by atoms with Crippen molar-refractivity contribution < 1.29 is 14.6 Å². The number of aliphatic hydroxyl groups excluding tert-OH is 1. The van der Waals surface area contributed by atoms with Crippen molar-refractivity contribution in [2.45, 2.75) is 20.0 Å². The van der Waals surface area contributed by atoms with Gasteiger partial charge in [-0.1, -0.05) is 25.7 Å². The van der Waals surface area contributed by atoms with E-state index in [1.807, 2.05) is 32.0 Å². The van der Waals surface area contributed by atoms with Crippen LogP contribution in [0.5, 0.6) is 5.75 Å². The number of carbonyl (C=O) groups excluding carboxylic acids is 1. The van der Waals surface area contributed by atoms with Crippen molar-refractivity contribution in [2.24, 2.45) is 0 Å². The number of fused-ring (bicyclic) bond motifs is 1. The number of anilines is 1. The fourth-order valence-electron chi connectivity index (χ4n) is 3.46. The Labute approximate surface area is 194 Å². The summed E-state index contributed by atoms with van der Waals surface area (Å²) in [5.41, 5.74) is 7.96. The second-order valence-electron chi connectivity index (χ2n) is 7.65. The minimum atomic E-state index is -0.614. The highest BCUT2D eigenvalue weighted by atomic mass is 16.5. The average Bonchev–Trinajstić information content (AvgIpc) is 2.85. The molecular weight excluding hydrogens is 416 g/mol. The topological polar surface area (TPSA) is 101 Å². The van der Waals surface area contributed by atoms with Crippen LogP contribution in [-0.2, 0) is 0 Å². The fraction of sp³-hybridized carbons (Fsp3) is 0.308. The molecule has 1 aromatic heterocycles. The molecule has 0 aliphatic carbocycles. The van der Waals surface area contributed by atoms with E-state index in [2.05, 4.69) is 27.0 Å². The number of likely N-dealkylation sites (N-methyl/N-ethyl adjacent to an activating group) is 1. The van der Waals surface area contributed by atoms with Gasteiger partial charge in [0.25, 0.3) is 5.91 Å². The van der Waals surface area contributed by atoms with Crippen molar-refractivity contribution in [3.05, 3.63) is 65.4 Å². The van der Waals surface area contributed by atoms with E-state index in [9.17, 15) is 9.90 Å². The van der Waals surface area contributed by atoms with Gasteiger partial charge in [-0.05, 0) is 55.6 Å². The number of nitrogens with two attached hydrogens (primary N) is 1. The monoisotopic (exact) mass is 446 g/mol. The molecule has 1 unspecified atom stereocenters. The maximum atomic E-state index is 12.4. The van der Waals surface area contributed by atoms with Crippen LogP contribution in [0.3, 0.4) is 0 Å². The van der Waals surface area contributed by atoms with Gasteiger partial charge < -0.3 is 25.8 Å². The number of aromatic nitrogens is 1. The molecule has 0 saturated heterocycles. The highest BCUT2D eigenvalue weighted by Crippen LogP contribution is 2.25. The molecule has 0 radical (unpaired) electrons. The lowest BCUT2D eigenvalue weighted by Crippen LogP contribution is -2.40. The number of methoxy groups -OCH3 is 1. The Morgan fingerprint density at radius 3 is 2.58 bits per heavy atom. The van der Waals surface area contributed by atoms with E-state index in [-0.39, 0.29) is 12.5 Å². The zero-order valence-corrected chi connectivity index (χ0v) is 19.3. The highest BCUT2D eigenvalue weighted by molar-refractivity contribution is 5.94. The third-order valence-corrected chi connectivity index (χ3v) is 5.47. The van der Waals surface area contributed by atoms with E-state index < -0.39 is 6.10 Å². The average molecular weight is 447 g/mol. The number of nitrogens with one attached hydrogen (secondary N) is 1. The van der Waals surface area contributed by atoms with Crippen LogP contribution in [0, 0.1) is 11.8 Å². The predicted octanol–water partition coefficient (Wildman–Crippen LogP) is 2.66. The third kappa shape index (κ3) is 6.22. The van der Waals surface area contributed by atoms with Crippen LogP contribution in [0.2, 0.25) is 0 Å². The maximum absolute atomic E-state index is 12.4. The molecule has 7 nitrogen and oxygen atoms in total. The number of pyridine rings is 1. The molecule has 3 aromatic rings. The van der Waals surface area contributed by atoms with E-state index in [0.29, 0.717) is 29.2 Å². The minimum absolute atomic E-state index is 0.202. The number of hydrogen-bond acceptors (Lipinski definition) is 6. The van der Waals surface area contributed by atoms with Gasteiger partial charge in [0.15, 0.2) is 0 Å². The molecule has 0 aliphatic rings. The first-order valence-electron chi connectivity index (χ1n) is 11.0. The Kier molecular flexibility index (Phi) is 8.25. The molecule has 0 aliphatic heterocycles. The number of ether oxygens (including phenoxy) is 1. The summed E-state index contributed by atoms with van der Waals surface area (Å²) in [7, 11) is 1.61. The molecular formula is C26H30N4O3. The van der Waals surface area contributed by atoms with Crippen molar-refractivity contribution in [3.63, 3.8) is 0 Å². The predicted molar refractivity (Wildman–Crippen MR) is 131 cm³/mol. The van der Waals surface area contributed by atoms with Crippen molar-refractivity contribution in [3.8, 4) is 17.6 Å². The molecule has 1 atom stereocenters. The molecule has 0 saturated carbocycles. The quantitative estimate of drug-likeness (QED) is 0.460. The van der Waals surface area contributed by atoms with Crippen LogP contribution in [-0.4, -0.2) is 60.3 Å². The van der Waals surface area contributed by atoms with Crippen LogP contribution >= 0.6 is 0 Å². The van der Waals surface area contributed by atoms with Gasteiger partial charge >= 0.3 is 0 Å². The zero-order chi connectivity index (χ0) is 23.8. The molecule has 0 fully saturated rings. The largest absolute Gasteiger partial charge is 0.497 e. The second-order valence-corrected chi connectivity index (χ2v) is 7.65. The smallest absolute Gasteiger partial charge is 0.251 e. The number of carbonyl (C=O) groups is 1. The van der Waals surface area contributed by atoms with Crippen molar-refractivity contribution >= 4 is 22.5 Å². The standard InChI is InChI=1S/C26H30N4O3/c1-4-30(5-2)17-21(31)16-29-26(32)19-9-6-18(7-10-19)8-13-23-24-14-22(33-3)12-11-20(24)15-28-25(23)27/h6-7,9-12,14-15,21,31H,4-5,16-17H2,1-3H3,(H2,27,28)(H,29,32). The van der Waals surface area contributed by atoms with Gasteiger partial charge in [0.05, 0.1) is 18.8 Å². The number of benzene rings is 2. The summed E-state index contributed by atoms with van der Waals surface area (Å²) >= 11 is 0. The SMILES string of the molecule is CCN(CC)CC(O)CNC(=O)c1ccc(C#Cc2c(N)ncc3ccc(OC)cc23)cc1. The Hall–Kier alpha value is -3.60. The Morgan fingerprint density at radius 2 is 1.91 bits per heavy atom. The molecule has 7 heteroatoms. The molecule has 0 spiro atoms. The minimum Gasteiger partial charge on any atom is -0.497 e. The van der Waals surface area contributed by atoms with Gasteiger partial charge in [-0.15, -0.1) is 0 Å². The van der Waals surface area contributed by atoms with Gasteiger partial charge in [0, 0.05) is 41.2 Å². The normalized spacial score (nSPS) is 11.7. The number of nitrogens with zero attached hydrogens (tertiary/aromatic N) is 2. The number of nitrogen functional groups attached to an aromatic ring is 1. The van der Waals surface area contributed by atoms with Gasteiger partial charge in [-0.3, -0.25) is 4.79 Å². The summed E-state index contributed by atoms with van der Waals surface area (Å²) in [6.07, 6.45) is 1.10. The lowest BCUT2D eigenvalue weighted by molar-refractivity contribution is 0.0869. The lowest BCUT2D eigenvalue weighted by Gasteiger charge is -2.22. The lowest BCUT2D eigenvalue weighted by atomic mass is 10.1. The molecule has 33 heavy (non-hydrogen) atoms. The summed E-state index contributed by atoms with van der Waals surface area (Å²) < 4.78 is 5.31. The highest BCUT2D eigenvalue weighted by Gasteiger charge is 2.12. The van der Waals surface area contributed by atoms with Crippen LogP contribution in [0.15, 0.2) is 48.7 Å². The molecule has 2 aromatic carbocycles. The zero-order valence-electron chi connectivity index (χ0n) is 19.3. The maximum Gasteiger partial charge on any atom is 0.251 e. The van der Waals surface area contributed by atoms with E-state index in [1.165, 1.54) is 0 Å². The first-order chi connectivity index (χ1) is 15.9. The summed E-state index contributed by atoms with van der Waals surface area (Å²) in [5, 5.41) is 14.7. The fourth-order valence-corrected chi connectivity index (χ4v) is 3.46. The van der Waals surface area contributed by atoms with Crippen molar-refractivity contribution in [2.75, 3.05) is 39.0 Å². The Morgan fingerprint density at radius 1 is 1.18 bits per heavy atom. The number of rotatable bonds is 8. The third-order valence-electron chi connectivity index (χ3n) is 5.47. The second kappa shape index (κ2) is 11.3. The number of hydrogen-bond donors (Lipinski definition) is 3.